The average molecular weight is 262 g/mol. The summed E-state index contributed by atoms with van der Waals surface area (Å²) in [5, 5.41) is 13.1. The fourth-order valence-electron chi connectivity index (χ4n) is 2.71. The number of aromatic amines is 1. The molecule has 19 heavy (non-hydrogen) atoms. The van der Waals surface area contributed by atoms with Gasteiger partial charge in [0.25, 0.3) is 0 Å². The van der Waals surface area contributed by atoms with Crippen LogP contribution in [0.5, 0.6) is 0 Å². The molecular formula is C12H14N4O3. The predicted molar refractivity (Wildman–Crippen MR) is 64.1 cm³/mol. The van der Waals surface area contributed by atoms with Crippen molar-refractivity contribution < 1.29 is 14.4 Å². The molecule has 1 aliphatic rings. The molecule has 2 aromatic rings. The minimum atomic E-state index is -0.799. The second-order valence-corrected chi connectivity index (χ2v) is 5.02. The van der Waals surface area contributed by atoms with Crippen LogP contribution in [-0.4, -0.2) is 31.2 Å². The minimum absolute atomic E-state index is 0.205. The molecule has 100 valence electrons. The number of nitrogens with zero attached hydrogens (tertiary/aromatic N) is 3. The quantitative estimate of drug-likeness (QED) is 0.871. The van der Waals surface area contributed by atoms with Crippen molar-refractivity contribution in [1.29, 1.82) is 0 Å². The highest BCUT2D eigenvalue weighted by Crippen LogP contribution is 2.42. The van der Waals surface area contributed by atoms with Crippen molar-refractivity contribution in [3.05, 3.63) is 18.3 Å². The van der Waals surface area contributed by atoms with Crippen molar-refractivity contribution in [3.63, 3.8) is 0 Å². The number of rotatable bonds is 3. The standard InChI is InChI=1S/C12H14N4O3/c1-6-4-7(8(5-6)12(17)18)11-15-10(16-19-11)9-13-2-3-14-9/h2-3,6-8H,4-5H2,1H3,(H,13,14)(H,17,18). The Bertz CT molecular complexity index is 578. The topological polar surface area (TPSA) is 105 Å². The molecule has 2 N–H and O–H groups in total. The van der Waals surface area contributed by atoms with E-state index in [1.807, 2.05) is 6.92 Å². The first-order valence-corrected chi connectivity index (χ1v) is 6.21. The minimum Gasteiger partial charge on any atom is -0.481 e. The SMILES string of the molecule is CC1CC(C(=O)O)C(c2nc(-c3ncc[nH]3)no2)C1. The number of aromatic nitrogens is 4. The van der Waals surface area contributed by atoms with Crippen LogP contribution < -0.4 is 0 Å². The van der Waals surface area contributed by atoms with E-state index in [2.05, 4.69) is 20.1 Å². The van der Waals surface area contributed by atoms with Crippen LogP contribution in [-0.2, 0) is 4.79 Å². The molecule has 0 aromatic carbocycles. The molecular weight excluding hydrogens is 248 g/mol. The van der Waals surface area contributed by atoms with Gasteiger partial charge in [-0.3, -0.25) is 4.79 Å². The van der Waals surface area contributed by atoms with Crippen molar-refractivity contribution >= 4 is 5.97 Å². The molecule has 7 heteroatoms. The van der Waals surface area contributed by atoms with Crippen LogP contribution in [0.4, 0.5) is 0 Å². The molecule has 1 saturated carbocycles. The molecule has 3 rings (SSSR count). The summed E-state index contributed by atoms with van der Waals surface area (Å²) in [6, 6.07) is 0. The van der Waals surface area contributed by atoms with Gasteiger partial charge < -0.3 is 14.6 Å². The molecule has 3 atom stereocenters. The largest absolute Gasteiger partial charge is 0.481 e. The zero-order valence-corrected chi connectivity index (χ0v) is 10.4. The summed E-state index contributed by atoms with van der Waals surface area (Å²) in [6.45, 7) is 2.04. The number of aliphatic carboxylic acids is 1. The smallest absolute Gasteiger partial charge is 0.307 e. The third kappa shape index (κ3) is 2.11. The average Bonchev–Trinajstić information content (AvgIpc) is 3.07. The van der Waals surface area contributed by atoms with Gasteiger partial charge in [-0.25, -0.2) is 4.98 Å². The van der Waals surface area contributed by atoms with Crippen LogP contribution in [0.3, 0.4) is 0 Å². The Morgan fingerprint density at radius 2 is 2.37 bits per heavy atom. The van der Waals surface area contributed by atoms with E-state index < -0.39 is 11.9 Å². The van der Waals surface area contributed by atoms with Gasteiger partial charge in [-0.1, -0.05) is 12.1 Å². The van der Waals surface area contributed by atoms with Gasteiger partial charge in [0.05, 0.1) is 11.8 Å². The fraction of sp³-hybridized carbons (Fsp3) is 0.500. The molecule has 1 aliphatic carbocycles. The summed E-state index contributed by atoms with van der Waals surface area (Å²) < 4.78 is 5.22. The third-order valence-corrected chi connectivity index (χ3v) is 3.58. The summed E-state index contributed by atoms with van der Waals surface area (Å²) in [5.41, 5.74) is 0. The lowest BCUT2D eigenvalue weighted by atomic mass is 9.96. The van der Waals surface area contributed by atoms with Crippen molar-refractivity contribution in [2.75, 3.05) is 0 Å². The molecule has 0 saturated heterocycles. The zero-order valence-electron chi connectivity index (χ0n) is 10.4. The summed E-state index contributed by atoms with van der Waals surface area (Å²) >= 11 is 0. The molecule has 7 nitrogen and oxygen atoms in total. The maximum Gasteiger partial charge on any atom is 0.307 e. The molecule has 3 unspecified atom stereocenters. The van der Waals surface area contributed by atoms with E-state index in [1.54, 1.807) is 12.4 Å². The van der Waals surface area contributed by atoms with Crippen LogP contribution >= 0.6 is 0 Å². The first kappa shape index (κ1) is 11.9. The molecule has 0 amide bonds. The first-order chi connectivity index (χ1) is 9.15. The third-order valence-electron chi connectivity index (χ3n) is 3.58. The van der Waals surface area contributed by atoms with Gasteiger partial charge in [-0.15, -0.1) is 0 Å². The first-order valence-electron chi connectivity index (χ1n) is 6.21. The molecule has 1 fully saturated rings. The number of carbonyl (C=O) groups is 1. The maximum absolute atomic E-state index is 11.3. The van der Waals surface area contributed by atoms with Crippen molar-refractivity contribution in [2.24, 2.45) is 11.8 Å². The van der Waals surface area contributed by atoms with Crippen LogP contribution in [0.25, 0.3) is 11.6 Å². The van der Waals surface area contributed by atoms with E-state index in [9.17, 15) is 9.90 Å². The number of hydrogen-bond acceptors (Lipinski definition) is 5. The second-order valence-electron chi connectivity index (χ2n) is 5.02. The number of carboxylic acid groups (broad SMARTS) is 1. The summed E-state index contributed by atoms with van der Waals surface area (Å²) in [4.78, 5) is 22.5. The molecule has 0 radical (unpaired) electrons. The Morgan fingerprint density at radius 1 is 1.53 bits per heavy atom. The van der Waals surface area contributed by atoms with Crippen LogP contribution in [0, 0.1) is 11.8 Å². The van der Waals surface area contributed by atoms with Gasteiger partial charge in [0.1, 0.15) is 0 Å². The highest BCUT2D eigenvalue weighted by atomic mass is 16.5. The summed E-state index contributed by atoms with van der Waals surface area (Å²) in [5.74, 6) is 0.181. The lowest BCUT2D eigenvalue weighted by molar-refractivity contribution is -0.142. The van der Waals surface area contributed by atoms with Gasteiger partial charge in [0, 0.05) is 12.4 Å². The lowest BCUT2D eigenvalue weighted by Gasteiger charge is -2.09. The number of imidazole rings is 1. The molecule has 0 spiro atoms. The highest BCUT2D eigenvalue weighted by Gasteiger charge is 2.41. The Hall–Kier alpha value is -2.18. The highest BCUT2D eigenvalue weighted by molar-refractivity contribution is 5.71. The van der Waals surface area contributed by atoms with Crippen molar-refractivity contribution in [3.8, 4) is 11.6 Å². The monoisotopic (exact) mass is 262 g/mol. The van der Waals surface area contributed by atoms with E-state index in [-0.39, 0.29) is 5.92 Å². The zero-order chi connectivity index (χ0) is 13.4. The Kier molecular flexibility index (Phi) is 2.81. The van der Waals surface area contributed by atoms with Gasteiger partial charge >= 0.3 is 5.97 Å². The summed E-state index contributed by atoms with van der Waals surface area (Å²) in [7, 11) is 0. The molecule has 0 bridgehead atoms. The predicted octanol–water partition coefficient (Wildman–Crippen LogP) is 1.67. The number of nitrogens with one attached hydrogen (secondary N) is 1. The Labute approximate surface area is 109 Å². The van der Waals surface area contributed by atoms with E-state index in [0.29, 0.717) is 29.9 Å². The summed E-state index contributed by atoms with van der Waals surface area (Å²) in [6.07, 6.45) is 4.68. The van der Waals surface area contributed by atoms with E-state index in [4.69, 9.17) is 4.52 Å². The number of H-pyrrole nitrogens is 1. The molecule has 2 heterocycles. The molecule has 0 aliphatic heterocycles. The maximum atomic E-state index is 11.3. The lowest BCUT2D eigenvalue weighted by Crippen LogP contribution is -2.17. The Balaban J connectivity index is 1.88. The van der Waals surface area contributed by atoms with E-state index in [0.717, 1.165) is 6.42 Å². The van der Waals surface area contributed by atoms with Gasteiger partial charge in [-0.2, -0.15) is 4.98 Å². The van der Waals surface area contributed by atoms with Crippen LogP contribution in [0.2, 0.25) is 0 Å². The van der Waals surface area contributed by atoms with Gasteiger partial charge in [0.15, 0.2) is 5.82 Å². The van der Waals surface area contributed by atoms with Crippen LogP contribution in [0.15, 0.2) is 16.9 Å². The number of hydrogen-bond donors (Lipinski definition) is 2. The van der Waals surface area contributed by atoms with E-state index in [1.165, 1.54) is 0 Å². The normalized spacial score (nSPS) is 26.7. The van der Waals surface area contributed by atoms with Gasteiger partial charge in [-0.05, 0) is 18.8 Å². The molecule has 2 aromatic heterocycles. The Morgan fingerprint density at radius 3 is 3.05 bits per heavy atom. The van der Waals surface area contributed by atoms with Crippen molar-refractivity contribution in [2.45, 2.75) is 25.7 Å². The number of carboxylic acids is 1. The van der Waals surface area contributed by atoms with Crippen LogP contribution in [0.1, 0.15) is 31.6 Å². The second kappa shape index (κ2) is 4.49. The fourth-order valence-corrected chi connectivity index (χ4v) is 2.71. The van der Waals surface area contributed by atoms with Gasteiger partial charge in [0.2, 0.25) is 11.7 Å². The van der Waals surface area contributed by atoms with E-state index >= 15 is 0 Å². The van der Waals surface area contributed by atoms with Crippen molar-refractivity contribution in [1.82, 2.24) is 20.1 Å².